The molecule has 0 saturated heterocycles. The predicted octanol–water partition coefficient (Wildman–Crippen LogP) is 1.42. The first-order valence-electron chi connectivity index (χ1n) is 4.91. The van der Waals surface area contributed by atoms with Gasteiger partial charge in [-0.15, -0.1) is 0 Å². The Balaban J connectivity index is 2.56. The largest absolute Gasteiger partial charge is 0.479 e. The molecule has 0 aliphatic heterocycles. The van der Waals surface area contributed by atoms with Gasteiger partial charge < -0.3 is 10.2 Å². The second-order valence-corrected chi connectivity index (χ2v) is 5.26. The highest BCUT2D eigenvalue weighted by Gasteiger charge is 2.69. The molecule has 3 heteroatoms. The van der Waals surface area contributed by atoms with Crippen molar-refractivity contribution in [2.45, 2.75) is 32.8 Å². The maximum absolute atomic E-state index is 11.1. The van der Waals surface area contributed by atoms with E-state index >= 15 is 0 Å². The lowest BCUT2D eigenvalue weighted by Crippen LogP contribution is -2.52. The number of rotatable bonds is 1. The molecule has 3 nitrogen and oxygen atoms in total. The fourth-order valence-electron chi connectivity index (χ4n) is 2.98. The maximum Gasteiger partial charge on any atom is 0.336 e. The van der Waals surface area contributed by atoms with Gasteiger partial charge in [-0.05, 0) is 17.8 Å². The van der Waals surface area contributed by atoms with Crippen LogP contribution in [0.1, 0.15) is 27.2 Å². The Morgan fingerprint density at radius 1 is 1.43 bits per heavy atom. The molecule has 0 amide bonds. The molecule has 0 unspecified atom stereocenters. The normalized spacial score (nSPS) is 48.4. The van der Waals surface area contributed by atoms with Gasteiger partial charge in [0.05, 0.1) is 0 Å². The number of aliphatic hydroxyl groups is 1. The number of carboxylic acids is 1. The van der Waals surface area contributed by atoms with Crippen LogP contribution in [0.25, 0.3) is 0 Å². The molecule has 1 saturated carbocycles. The van der Waals surface area contributed by atoms with E-state index in [1.54, 1.807) is 0 Å². The van der Waals surface area contributed by atoms with Crippen molar-refractivity contribution in [3.8, 4) is 0 Å². The van der Waals surface area contributed by atoms with E-state index in [1.807, 2.05) is 32.9 Å². The minimum Gasteiger partial charge on any atom is -0.479 e. The van der Waals surface area contributed by atoms with Crippen molar-refractivity contribution in [1.29, 1.82) is 0 Å². The minimum absolute atomic E-state index is 0.167. The fraction of sp³-hybridized carbons (Fsp3) is 0.727. The van der Waals surface area contributed by atoms with E-state index in [9.17, 15) is 9.90 Å². The third kappa shape index (κ3) is 0.716. The minimum atomic E-state index is -1.59. The van der Waals surface area contributed by atoms with E-state index < -0.39 is 17.0 Å². The molecule has 1 fully saturated rings. The average molecular weight is 196 g/mol. The summed E-state index contributed by atoms with van der Waals surface area (Å²) in [7, 11) is 0. The first-order chi connectivity index (χ1) is 6.26. The lowest BCUT2D eigenvalue weighted by Gasteiger charge is -2.41. The van der Waals surface area contributed by atoms with Gasteiger partial charge in [0.1, 0.15) is 0 Å². The molecule has 3 atom stereocenters. The van der Waals surface area contributed by atoms with Crippen molar-refractivity contribution in [2.75, 3.05) is 0 Å². The quantitative estimate of drug-likeness (QED) is 0.624. The van der Waals surface area contributed by atoms with Gasteiger partial charge in [0.15, 0.2) is 5.60 Å². The molecule has 0 aromatic heterocycles. The molecule has 78 valence electrons. The number of carbonyl (C=O) groups is 1. The molecule has 0 heterocycles. The van der Waals surface area contributed by atoms with Crippen molar-refractivity contribution in [3.05, 3.63) is 12.2 Å². The van der Waals surface area contributed by atoms with Crippen molar-refractivity contribution < 1.29 is 15.0 Å². The molecule has 0 radical (unpaired) electrons. The molecular weight excluding hydrogens is 180 g/mol. The van der Waals surface area contributed by atoms with Crippen molar-refractivity contribution in [3.63, 3.8) is 0 Å². The topological polar surface area (TPSA) is 57.5 Å². The molecule has 14 heavy (non-hydrogen) atoms. The van der Waals surface area contributed by atoms with Crippen LogP contribution in [0.3, 0.4) is 0 Å². The maximum atomic E-state index is 11.1. The standard InChI is InChI=1S/C11H16O3/c1-9(2)7-4-5-10(9,3)11(14,6-7)8(12)13/h4-5,7,14H,6H2,1-3H3,(H,12,13)/t7-,10+,11+/m0/s1. The summed E-state index contributed by atoms with van der Waals surface area (Å²) in [6.07, 6.45) is 4.25. The summed E-state index contributed by atoms with van der Waals surface area (Å²) in [6.45, 7) is 5.89. The highest BCUT2D eigenvalue weighted by molar-refractivity contribution is 5.80. The molecule has 0 spiro atoms. The average Bonchev–Trinajstić information content (AvgIpc) is 2.36. The van der Waals surface area contributed by atoms with E-state index in [0.717, 1.165) is 0 Å². The highest BCUT2D eigenvalue weighted by atomic mass is 16.4. The Morgan fingerprint density at radius 3 is 2.21 bits per heavy atom. The molecule has 2 aliphatic carbocycles. The van der Waals surface area contributed by atoms with Crippen LogP contribution in [-0.2, 0) is 4.79 Å². The molecule has 0 aromatic rings. The lowest BCUT2D eigenvalue weighted by atomic mass is 9.65. The smallest absolute Gasteiger partial charge is 0.336 e. The summed E-state index contributed by atoms with van der Waals surface area (Å²) in [4.78, 5) is 11.1. The number of fused-ring (bicyclic) bond motifs is 2. The Labute approximate surface area is 83.4 Å². The fourth-order valence-corrected chi connectivity index (χ4v) is 2.98. The van der Waals surface area contributed by atoms with Crippen LogP contribution in [0.5, 0.6) is 0 Å². The van der Waals surface area contributed by atoms with Gasteiger partial charge in [-0.2, -0.15) is 0 Å². The Morgan fingerprint density at radius 2 is 2.00 bits per heavy atom. The second-order valence-electron chi connectivity index (χ2n) is 5.26. The van der Waals surface area contributed by atoms with Crippen LogP contribution < -0.4 is 0 Å². The van der Waals surface area contributed by atoms with Gasteiger partial charge in [-0.25, -0.2) is 4.79 Å². The van der Waals surface area contributed by atoms with Gasteiger partial charge >= 0.3 is 5.97 Å². The first-order valence-corrected chi connectivity index (χ1v) is 4.91. The summed E-state index contributed by atoms with van der Waals surface area (Å²) in [5.74, 6) is -0.923. The molecule has 2 N–H and O–H groups in total. The molecular formula is C11H16O3. The lowest BCUT2D eigenvalue weighted by molar-refractivity contribution is -0.170. The van der Waals surface area contributed by atoms with Crippen LogP contribution in [-0.4, -0.2) is 21.8 Å². The molecule has 2 rings (SSSR count). The van der Waals surface area contributed by atoms with E-state index in [-0.39, 0.29) is 11.3 Å². The van der Waals surface area contributed by atoms with Crippen LogP contribution in [0.4, 0.5) is 0 Å². The van der Waals surface area contributed by atoms with Gasteiger partial charge in [0, 0.05) is 5.41 Å². The zero-order valence-electron chi connectivity index (χ0n) is 8.74. The van der Waals surface area contributed by atoms with Gasteiger partial charge in [0.25, 0.3) is 0 Å². The second kappa shape index (κ2) is 2.22. The summed E-state index contributed by atoms with van der Waals surface area (Å²) >= 11 is 0. The third-order valence-electron chi connectivity index (χ3n) is 4.66. The Hall–Kier alpha value is -0.830. The number of carboxylic acid groups (broad SMARTS) is 1. The van der Waals surface area contributed by atoms with Crippen LogP contribution >= 0.6 is 0 Å². The number of hydrogen-bond donors (Lipinski definition) is 2. The number of allylic oxidation sites excluding steroid dienone is 1. The Bertz CT molecular complexity index is 331. The van der Waals surface area contributed by atoms with E-state index in [4.69, 9.17) is 5.11 Å². The summed E-state index contributed by atoms with van der Waals surface area (Å²) in [5, 5.41) is 19.3. The van der Waals surface area contributed by atoms with Crippen LogP contribution in [0.15, 0.2) is 12.2 Å². The van der Waals surface area contributed by atoms with E-state index in [1.165, 1.54) is 0 Å². The SMILES string of the molecule is CC1(C)[C@H]2C=C[C@@]1(C)[C@](O)(C(=O)O)C2. The van der Waals surface area contributed by atoms with E-state index in [0.29, 0.717) is 6.42 Å². The van der Waals surface area contributed by atoms with Crippen LogP contribution in [0.2, 0.25) is 0 Å². The van der Waals surface area contributed by atoms with Crippen LogP contribution in [0, 0.1) is 16.7 Å². The Kier molecular flexibility index (Phi) is 1.54. The van der Waals surface area contributed by atoms with Gasteiger partial charge in [-0.1, -0.05) is 32.9 Å². The van der Waals surface area contributed by atoms with Crippen molar-refractivity contribution in [2.24, 2.45) is 16.7 Å². The van der Waals surface area contributed by atoms with Gasteiger partial charge in [0.2, 0.25) is 0 Å². The summed E-state index contributed by atoms with van der Waals surface area (Å²) in [5.41, 5.74) is -2.40. The predicted molar refractivity (Wildman–Crippen MR) is 51.7 cm³/mol. The van der Waals surface area contributed by atoms with Gasteiger partial charge in [-0.3, -0.25) is 0 Å². The van der Waals surface area contributed by atoms with Crippen molar-refractivity contribution >= 4 is 5.97 Å². The monoisotopic (exact) mass is 196 g/mol. The highest BCUT2D eigenvalue weighted by Crippen LogP contribution is 2.66. The van der Waals surface area contributed by atoms with Crippen molar-refractivity contribution in [1.82, 2.24) is 0 Å². The zero-order chi connectivity index (χ0) is 10.8. The third-order valence-corrected chi connectivity index (χ3v) is 4.66. The number of hydrogen-bond acceptors (Lipinski definition) is 2. The van der Waals surface area contributed by atoms with E-state index in [2.05, 4.69) is 0 Å². The summed E-state index contributed by atoms with van der Waals surface area (Å²) < 4.78 is 0. The molecule has 2 bridgehead atoms. The summed E-state index contributed by atoms with van der Waals surface area (Å²) in [6, 6.07) is 0. The molecule has 2 aliphatic rings. The zero-order valence-corrected chi connectivity index (χ0v) is 8.74. The number of aliphatic carboxylic acids is 1. The first kappa shape index (κ1) is 9.71. The molecule has 0 aromatic carbocycles.